The molecule has 1 aromatic rings. The number of pyridine rings is 1. The van der Waals surface area contributed by atoms with E-state index in [9.17, 15) is 4.79 Å². The average molecular weight is 204 g/mol. The molecule has 2 heterocycles. The first-order valence-electron chi connectivity index (χ1n) is 5.29. The number of nitrogens with zero attached hydrogens (tertiary/aromatic N) is 2. The molecule has 0 aliphatic carbocycles. The molecule has 2 rings (SSSR count). The molecule has 0 fully saturated rings. The number of carbonyl (C=O) groups excluding carboxylic acids is 1. The zero-order valence-corrected chi connectivity index (χ0v) is 9.61. The van der Waals surface area contributed by atoms with Gasteiger partial charge in [-0.15, -0.1) is 0 Å². The van der Waals surface area contributed by atoms with Gasteiger partial charge in [-0.3, -0.25) is 9.78 Å². The van der Waals surface area contributed by atoms with E-state index in [4.69, 9.17) is 0 Å². The third-order valence-electron chi connectivity index (χ3n) is 3.13. The predicted molar refractivity (Wildman–Crippen MR) is 58.8 cm³/mol. The Morgan fingerprint density at radius 3 is 2.73 bits per heavy atom. The van der Waals surface area contributed by atoms with Crippen LogP contribution in [0.4, 0.5) is 0 Å². The van der Waals surface area contributed by atoms with E-state index >= 15 is 0 Å². The number of amides is 1. The van der Waals surface area contributed by atoms with Crippen LogP contribution in [0.5, 0.6) is 0 Å². The van der Waals surface area contributed by atoms with Gasteiger partial charge in [0.05, 0.1) is 17.3 Å². The standard InChI is InChI=1S/C12H16N2O/c1-7(2)9-5-10-11(13-6-9)8(3)14(4)12(10)15/h5-8H,1-4H3. The SMILES string of the molecule is CC(C)c1cnc2c(c1)C(=O)N(C)C2C. The second kappa shape index (κ2) is 3.33. The Kier molecular flexibility index (Phi) is 2.25. The second-order valence-electron chi connectivity index (χ2n) is 4.45. The van der Waals surface area contributed by atoms with E-state index in [1.807, 2.05) is 26.2 Å². The Hall–Kier alpha value is -1.38. The van der Waals surface area contributed by atoms with Gasteiger partial charge in [0, 0.05) is 13.2 Å². The summed E-state index contributed by atoms with van der Waals surface area (Å²) < 4.78 is 0. The summed E-state index contributed by atoms with van der Waals surface area (Å²) in [6.07, 6.45) is 1.88. The van der Waals surface area contributed by atoms with Crippen molar-refractivity contribution in [3.05, 3.63) is 29.1 Å². The molecule has 1 unspecified atom stereocenters. The quantitative estimate of drug-likeness (QED) is 0.703. The smallest absolute Gasteiger partial charge is 0.256 e. The maximum Gasteiger partial charge on any atom is 0.256 e. The number of hydrogen-bond acceptors (Lipinski definition) is 2. The van der Waals surface area contributed by atoms with Crippen LogP contribution < -0.4 is 0 Å². The first kappa shape index (κ1) is 10.1. The lowest BCUT2D eigenvalue weighted by Gasteiger charge is -2.13. The lowest BCUT2D eigenvalue weighted by Crippen LogP contribution is -2.20. The molecule has 0 saturated heterocycles. The Morgan fingerprint density at radius 2 is 2.13 bits per heavy atom. The van der Waals surface area contributed by atoms with E-state index in [2.05, 4.69) is 18.8 Å². The van der Waals surface area contributed by atoms with Crippen molar-refractivity contribution in [1.82, 2.24) is 9.88 Å². The fraction of sp³-hybridized carbons (Fsp3) is 0.500. The minimum absolute atomic E-state index is 0.0903. The van der Waals surface area contributed by atoms with Crippen LogP contribution in [0.25, 0.3) is 0 Å². The molecule has 3 nitrogen and oxygen atoms in total. The topological polar surface area (TPSA) is 33.2 Å². The maximum atomic E-state index is 11.9. The summed E-state index contributed by atoms with van der Waals surface area (Å²) in [6, 6.07) is 2.09. The van der Waals surface area contributed by atoms with Crippen molar-refractivity contribution in [1.29, 1.82) is 0 Å². The van der Waals surface area contributed by atoms with Crippen LogP contribution >= 0.6 is 0 Å². The van der Waals surface area contributed by atoms with E-state index in [1.165, 1.54) is 0 Å². The van der Waals surface area contributed by atoms with Crippen LogP contribution in [0, 0.1) is 0 Å². The highest BCUT2D eigenvalue weighted by Gasteiger charge is 2.32. The molecular weight excluding hydrogens is 188 g/mol. The molecule has 0 saturated carbocycles. The highest BCUT2D eigenvalue weighted by atomic mass is 16.2. The summed E-state index contributed by atoms with van der Waals surface area (Å²) in [4.78, 5) is 18.0. The number of fused-ring (bicyclic) bond motifs is 1. The van der Waals surface area contributed by atoms with Crippen LogP contribution in [0.3, 0.4) is 0 Å². The summed E-state index contributed by atoms with van der Waals surface area (Å²) in [5, 5.41) is 0. The van der Waals surface area contributed by atoms with Gasteiger partial charge in [0.15, 0.2) is 0 Å². The van der Waals surface area contributed by atoms with Crippen molar-refractivity contribution in [3.63, 3.8) is 0 Å². The zero-order valence-electron chi connectivity index (χ0n) is 9.61. The molecule has 1 atom stereocenters. The molecule has 1 aromatic heterocycles. The van der Waals surface area contributed by atoms with Crippen molar-refractivity contribution in [2.24, 2.45) is 0 Å². The fourth-order valence-electron chi connectivity index (χ4n) is 1.86. The van der Waals surface area contributed by atoms with Crippen LogP contribution in [0.15, 0.2) is 12.3 Å². The van der Waals surface area contributed by atoms with Gasteiger partial charge in [-0.05, 0) is 24.5 Å². The Morgan fingerprint density at radius 1 is 1.47 bits per heavy atom. The summed E-state index contributed by atoms with van der Waals surface area (Å²) in [5.41, 5.74) is 2.81. The van der Waals surface area contributed by atoms with Gasteiger partial charge < -0.3 is 4.90 Å². The fourth-order valence-corrected chi connectivity index (χ4v) is 1.86. The predicted octanol–water partition coefficient (Wildman–Crippen LogP) is 2.35. The molecule has 80 valence electrons. The minimum Gasteiger partial charge on any atom is -0.333 e. The molecule has 1 aliphatic rings. The van der Waals surface area contributed by atoms with Gasteiger partial charge in [-0.25, -0.2) is 0 Å². The Labute approximate surface area is 90.1 Å². The van der Waals surface area contributed by atoms with Crippen LogP contribution in [-0.4, -0.2) is 22.8 Å². The van der Waals surface area contributed by atoms with E-state index < -0.39 is 0 Å². The van der Waals surface area contributed by atoms with Crippen LogP contribution in [-0.2, 0) is 0 Å². The summed E-state index contributed by atoms with van der Waals surface area (Å²) in [6.45, 7) is 6.22. The van der Waals surface area contributed by atoms with E-state index in [1.54, 1.807) is 4.90 Å². The molecule has 1 aliphatic heterocycles. The third kappa shape index (κ3) is 1.42. The molecule has 0 aromatic carbocycles. The van der Waals surface area contributed by atoms with Gasteiger partial charge >= 0.3 is 0 Å². The Balaban J connectivity index is 2.52. The summed E-state index contributed by atoms with van der Waals surface area (Å²) >= 11 is 0. The summed E-state index contributed by atoms with van der Waals surface area (Å²) in [7, 11) is 1.82. The first-order valence-corrected chi connectivity index (χ1v) is 5.29. The Bertz CT molecular complexity index is 412. The number of rotatable bonds is 1. The largest absolute Gasteiger partial charge is 0.333 e. The van der Waals surface area contributed by atoms with Crippen molar-refractivity contribution >= 4 is 5.91 Å². The number of aromatic nitrogens is 1. The average Bonchev–Trinajstić information content (AvgIpc) is 2.44. The second-order valence-corrected chi connectivity index (χ2v) is 4.45. The molecule has 0 spiro atoms. The molecule has 0 radical (unpaired) electrons. The van der Waals surface area contributed by atoms with E-state index in [0.717, 1.165) is 16.8 Å². The highest BCUT2D eigenvalue weighted by molar-refractivity contribution is 5.98. The molecule has 15 heavy (non-hydrogen) atoms. The van der Waals surface area contributed by atoms with Crippen molar-refractivity contribution in [3.8, 4) is 0 Å². The van der Waals surface area contributed by atoms with Gasteiger partial charge in [-0.2, -0.15) is 0 Å². The number of hydrogen-bond donors (Lipinski definition) is 0. The van der Waals surface area contributed by atoms with Gasteiger partial charge in [-0.1, -0.05) is 13.8 Å². The highest BCUT2D eigenvalue weighted by Crippen LogP contribution is 2.31. The zero-order chi connectivity index (χ0) is 11.2. The molecule has 3 heteroatoms. The van der Waals surface area contributed by atoms with E-state index in [-0.39, 0.29) is 11.9 Å². The molecule has 0 N–H and O–H groups in total. The first-order chi connectivity index (χ1) is 7.02. The van der Waals surface area contributed by atoms with E-state index in [0.29, 0.717) is 5.92 Å². The third-order valence-corrected chi connectivity index (χ3v) is 3.13. The van der Waals surface area contributed by atoms with Crippen molar-refractivity contribution in [2.75, 3.05) is 7.05 Å². The van der Waals surface area contributed by atoms with Gasteiger partial charge in [0.2, 0.25) is 0 Å². The van der Waals surface area contributed by atoms with Crippen molar-refractivity contribution < 1.29 is 4.79 Å². The van der Waals surface area contributed by atoms with Gasteiger partial charge in [0.1, 0.15) is 0 Å². The summed E-state index contributed by atoms with van der Waals surface area (Å²) in [5.74, 6) is 0.504. The molecule has 1 amide bonds. The van der Waals surface area contributed by atoms with Crippen molar-refractivity contribution in [2.45, 2.75) is 32.7 Å². The molecule has 0 bridgehead atoms. The van der Waals surface area contributed by atoms with Gasteiger partial charge in [0.25, 0.3) is 5.91 Å². The monoisotopic (exact) mass is 204 g/mol. The van der Waals surface area contributed by atoms with Crippen LogP contribution in [0.2, 0.25) is 0 Å². The number of carbonyl (C=O) groups is 1. The van der Waals surface area contributed by atoms with Crippen LogP contribution in [0.1, 0.15) is 54.3 Å². The normalized spacial score (nSPS) is 19.9. The minimum atomic E-state index is 0.0903. The lowest BCUT2D eigenvalue weighted by molar-refractivity contribution is 0.0783. The molecular formula is C12H16N2O. The maximum absolute atomic E-state index is 11.9. The lowest BCUT2D eigenvalue weighted by atomic mass is 10.0.